The summed E-state index contributed by atoms with van der Waals surface area (Å²) in [7, 11) is 0. The number of amides is 1. The normalized spacial score (nSPS) is 34.2. The molecule has 3 N–H and O–H groups in total. The number of hydrogen-bond donors (Lipinski definition) is 2. The van der Waals surface area contributed by atoms with Gasteiger partial charge in [0.15, 0.2) is 0 Å². The van der Waals surface area contributed by atoms with Gasteiger partial charge in [-0.2, -0.15) is 0 Å². The molecule has 4 nitrogen and oxygen atoms in total. The van der Waals surface area contributed by atoms with Crippen molar-refractivity contribution in [3.8, 4) is 0 Å². The summed E-state index contributed by atoms with van der Waals surface area (Å²) in [6, 6.07) is 0. The highest BCUT2D eigenvalue weighted by Crippen LogP contribution is 2.39. The number of hydrogen-bond acceptors (Lipinski definition) is 3. The van der Waals surface area contributed by atoms with Gasteiger partial charge < -0.3 is 15.7 Å². The van der Waals surface area contributed by atoms with Crippen molar-refractivity contribution < 1.29 is 9.90 Å². The average Bonchev–Trinajstić information content (AvgIpc) is 2.80. The Hall–Kier alpha value is -0.610. The lowest BCUT2D eigenvalue weighted by atomic mass is 9.92. The predicted octanol–water partition coefficient (Wildman–Crippen LogP) is 0.201. The molecule has 4 heteroatoms. The fourth-order valence-electron chi connectivity index (χ4n) is 2.92. The first-order valence-electron chi connectivity index (χ1n) is 6.13. The van der Waals surface area contributed by atoms with E-state index in [1.165, 1.54) is 0 Å². The van der Waals surface area contributed by atoms with E-state index in [2.05, 4.69) is 0 Å². The predicted molar refractivity (Wildman–Crippen MR) is 61.6 cm³/mol. The second-order valence-electron chi connectivity index (χ2n) is 5.87. The van der Waals surface area contributed by atoms with Gasteiger partial charge in [-0.3, -0.25) is 4.79 Å². The monoisotopic (exact) mass is 226 g/mol. The van der Waals surface area contributed by atoms with Crippen LogP contribution in [0.4, 0.5) is 0 Å². The van der Waals surface area contributed by atoms with E-state index in [0.717, 1.165) is 19.4 Å². The summed E-state index contributed by atoms with van der Waals surface area (Å²) in [6.07, 6.45) is 1.75. The van der Waals surface area contributed by atoms with Crippen molar-refractivity contribution in [2.24, 2.45) is 23.0 Å². The summed E-state index contributed by atoms with van der Waals surface area (Å²) in [6.45, 7) is 5.68. The fourth-order valence-corrected chi connectivity index (χ4v) is 2.92. The first kappa shape index (κ1) is 11.9. The summed E-state index contributed by atoms with van der Waals surface area (Å²) in [5.74, 6) is 0.946. The molecule has 0 bridgehead atoms. The number of aliphatic hydroxyl groups excluding tert-OH is 1. The summed E-state index contributed by atoms with van der Waals surface area (Å²) in [5, 5.41) is 9.80. The Morgan fingerprint density at radius 1 is 1.44 bits per heavy atom. The van der Waals surface area contributed by atoms with E-state index < -0.39 is 5.41 Å². The molecule has 1 saturated carbocycles. The van der Waals surface area contributed by atoms with Crippen molar-refractivity contribution in [2.75, 3.05) is 19.6 Å². The SMILES string of the molecule is CC(C)(CN)C(=O)N1CC2CCC(O)C2C1. The number of fused-ring (bicyclic) bond motifs is 1. The van der Waals surface area contributed by atoms with Gasteiger partial charge in [0.2, 0.25) is 5.91 Å². The fraction of sp³-hybridized carbons (Fsp3) is 0.917. The lowest BCUT2D eigenvalue weighted by Crippen LogP contribution is -2.44. The quantitative estimate of drug-likeness (QED) is 0.707. The smallest absolute Gasteiger partial charge is 0.229 e. The van der Waals surface area contributed by atoms with Gasteiger partial charge in [0, 0.05) is 25.6 Å². The maximum absolute atomic E-state index is 12.2. The van der Waals surface area contributed by atoms with Crippen LogP contribution in [-0.2, 0) is 4.79 Å². The second-order valence-corrected chi connectivity index (χ2v) is 5.87. The van der Waals surface area contributed by atoms with E-state index >= 15 is 0 Å². The Bertz CT molecular complexity index is 291. The molecule has 1 aliphatic heterocycles. The van der Waals surface area contributed by atoms with Crippen molar-refractivity contribution in [2.45, 2.75) is 32.8 Å². The van der Waals surface area contributed by atoms with Gasteiger partial charge >= 0.3 is 0 Å². The average molecular weight is 226 g/mol. The van der Waals surface area contributed by atoms with E-state index in [4.69, 9.17) is 5.73 Å². The van der Waals surface area contributed by atoms with Crippen LogP contribution in [0.15, 0.2) is 0 Å². The lowest BCUT2D eigenvalue weighted by Gasteiger charge is -2.28. The van der Waals surface area contributed by atoms with Crippen LogP contribution >= 0.6 is 0 Å². The second kappa shape index (κ2) is 4.00. The summed E-state index contributed by atoms with van der Waals surface area (Å²) >= 11 is 0. The van der Waals surface area contributed by atoms with Crippen LogP contribution < -0.4 is 5.73 Å². The van der Waals surface area contributed by atoms with Crippen molar-refractivity contribution in [3.05, 3.63) is 0 Å². The zero-order valence-electron chi connectivity index (χ0n) is 10.1. The van der Waals surface area contributed by atoms with Gasteiger partial charge in [0.25, 0.3) is 0 Å². The molecule has 92 valence electrons. The standard InChI is InChI=1S/C12H22N2O2/c1-12(2,7-13)11(16)14-5-8-3-4-10(15)9(8)6-14/h8-10,15H,3-7,13H2,1-2H3. The van der Waals surface area contributed by atoms with Gasteiger partial charge in [-0.25, -0.2) is 0 Å². The maximum Gasteiger partial charge on any atom is 0.229 e. The molecule has 1 aliphatic carbocycles. The topological polar surface area (TPSA) is 66.6 Å². The van der Waals surface area contributed by atoms with Crippen molar-refractivity contribution in [3.63, 3.8) is 0 Å². The Kier molecular flexibility index (Phi) is 2.97. The molecular weight excluding hydrogens is 204 g/mol. The molecule has 0 aromatic rings. The Labute approximate surface area is 96.8 Å². The first-order valence-corrected chi connectivity index (χ1v) is 6.13. The van der Waals surface area contributed by atoms with E-state index in [0.29, 0.717) is 24.9 Å². The third-order valence-electron chi connectivity index (χ3n) is 4.20. The summed E-state index contributed by atoms with van der Waals surface area (Å²) in [4.78, 5) is 14.1. The zero-order chi connectivity index (χ0) is 11.9. The molecule has 3 atom stereocenters. The number of nitrogens with two attached hydrogens (primary N) is 1. The Balaban J connectivity index is 2.02. The van der Waals surface area contributed by atoms with Gasteiger partial charge in [-0.05, 0) is 32.6 Å². The molecule has 0 spiro atoms. The zero-order valence-corrected chi connectivity index (χ0v) is 10.1. The third kappa shape index (κ3) is 1.84. The molecule has 1 amide bonds. The molecule has 2 fully saturated rings. The van der Waals surface area contributed by atoms with Crippen molar-refractivity contribution in [1.82, 2.24) is 4.90 Å². The van der Waals surface area contributed by atoms with Crippen LogP contribution in [0.25, 0.3) is 0 Å². The molecule has 2 rings (SSSR count). The van der Waals surface area contributed by atoms with Crippen LogP contribution in [0.3, 0.4) is 0 Å². The van der Waals surface area contributed by atoms with E-state index in [1.807, 2.05) is 18.7 Å². The molecule has 0 radical (unpaired) electrons. The molecule has 3 unspecified atom stereocenters. The van der Waals surface area contributed by atoms with E-state index in [-0.39, 0.29) is 12.0 Å². The van der Waals surface area contributed by atoms with Crippen molar-refractivity contribution in [1.29, 1.82) is 0 Å². The highest BCUT2D eigenvalue weighted by Gasteiger charge is 2.45. The Morgan fingerprint density at radius 3 is 2.69 bits per heavy atom. The molecule has 1 saturated heterocycles. The largest absolute Gasteiger partial charge is 0.393 e. The van der Waals surface area contributed by atoms with Crippen LogP contribution in [0.1, 0.15) is 26.7 Å². The minimum Gasteiger partial charge on any atom is -0.393 e. The Morgan fingerprint density at radius 2 is 2.12 bits per heavy atom. The third-order valence-corrected chi connectivity index (χ3v) is 4.20. The van der Waals surface area contributed by atoms with E-state index in [9.17, 15) is 9.90 Å². The molecular formula is C12H22N2O2. The number of nitrogens with zero attached hydrogens (tertiary/aromatic N) is 1. The van der Waals surface area contributed by atoms with Crippen LogP contribution in [0.5, 0.6) is 0 Å². The molecule has 0 aromatic carbocycles. The van der Waals surface area contributed by atoms with Crippen LogP contribution in [0.2, 0.25) is 0 Å². The molecule has 16 heavy (non-hydrogen) atoms. The number of likely N-dealkylation sites (tertiary alicyclic amines) is 1. The van der Waals surface area contributed by atoms with Gasteiger partial charge in [0.05, 0.1) is 11.5 Å². The summed E-state index contributed by atoms with van der Waals surface area (Å²) < 4.78 is 0. The van der Waals surface area contributed by atoms with Gasteiger partial charge in [-0.15, -0.1) is 0 Å². The molecule has 1 heterocycles. The molecule has 2 aliphatic rings. The first-order chi connectivity index (χ1) is 7.45. The minimum absolute atomic E-state index is 0.136. The van der Waals surface area contributed by atoms with Crippen LogP contribution in [0, 0.1) is 17.3 Å². The number of carbonyl (C=O) groups excluding carboxylic acids is 1. The van der Waals surface area contributed by atoms with E-state index in [1.54, 1.807) is 0 Å². The van der Waals surface area contributed by atoms with Gasteiger partial charge in [0.1, 0.15) is 0 Å². The van der Waals surface area contributed by atoms with Gasteiger partial charge in [-0.1, -0.05) is 0 Å². The summed E-state index contributed by atoms with van der Waals surface area (Å²) in [5.41, 5.74) is 5.15. The van der Waals surface area contributed by atoms with Crippen molar-refractivity contribution >= 4 is 5.91 Å². The number of carbonyl (C=O) groups is 1. The maximum atomic E-state index is 12.2. The van der Waals surface area contributed by atoms with Crippen LogP contribution in [-0.4, -0.2) is 41.7 Å². The highest BCUT2D eigenvalue weighted by molar-refractivity contribution is 5.82. The number of aliphatic hydroxyl groups is 1. The lowest BCUT2D eigenvalue weighted by molar-refractivity contribution is -0.139. The molecule has 0 aromatic heterocycles. The highest BCUT2D eigenvalue weighted by atomic mass is 16.3. The minimum atomic E-state index is -0.469. The number of rotatable bonds is 2.